The summed E-state index contributed by atoms with van der Waals surface area (Å²) in [6.07, 6.45) is 3.24. The number of benzene rings is 1. The fourth-order valence-electron chi connectivity index (χ4n) is 3.91. The summed E-state index contributed by atoms with van der Waals surface area (Å²) in [6.45, 7) is 6.12. The van der Waals surface area contributed by atoms with Crippen molar-refractivity contribution < 1.29 is 24.2 Å². The molecule has 1 aliphatic carbocycles. The van der Waals surface area contributed by atoms with Crippen LogP contribution in [0.4, 0.5) is 0 Å². The lowest BCUT2D eigenvalue weighted by Crippen LogP contribution is -2.40. The van der Waals surface area contributed by atoms with Gasteiger partial charge in [0.25, 0.3) is 5.91 Å². The van der Waals surface area contributed by atoms with Gasteiger partial charge in [0.15, 0.2) is 11.5 Å². The fourth-order valence-corrected chi connectivity index (χ4v) is 3.91. The summed E-state index contributed by atoms with van der Waals surface area (Å²) >= 11 is 0. The molecule has 6 nitrogen and oxygen atoms in total. The van der Waals surface area contributed by atoms with Gasteiger partial charge in [-0.2, -0.15) is 0 Å². The highest BCUT2D eigenvalue weighted by Gasteiger charge is 2.59. The molecular formula is C21H29NO5. The summed E-state index contributed by atoms with van der Waals surface area (Å²) < 4.78 is 11.2. The summed E-state index contributed by atoms with van der Waals surface area (Å²) in [7, 11) is 1.57. The molecule has 6 heteroatoms. The van der Waals surface area contributed by atoms with Gasteiger partial charge < -0.3 is 19.5 Å². The Bertz CT molecular complexity index is 707. The summed E-state index contributed by atoms with van der Waals surface area (Å²) in [5.41, 5.74) is 0.499. The molecular weight excluding hydrogens is 346 g/mol. The van der Waals surface area contributed by atoms with Gasteiger partial charge >= 0.3 is 5.97 Å². The minimum Gasteiger partial charge on any atom is -0.493 e. The number of hydrogen-bond donors (Lipinski definition) is 1. The number of carbonyl (C=O) groups excluding carboxylic acids is 1. The molecule has 0 radical (unpaired) electrons. The molecule has 1 heterocycles. The number of carboxylic acid groups (broad SMARTS) is 1. The van der Waals surface area contributed by atoms with Crippen molar-refractivity contribution in [3.8, 4) is 11.5 Å². The molecule has 148 valence electrons. The van der Waals surface area contributed by atoms with Gasteiger partial charge in [0.1, 0.15) is 0 Å². The minimum atomic E-state index is -0.701. The van der Waals surface area contributed by atoms with Gasteiger partial charge in [-0.25, -0.2) is 0 Å². The Morgan fingerprint density at radius 2 is 1.96 bits per heavy atom. The Hall–Kier alpha value is -2.24. The van der Waals surface area contributed by atoms with E-state index in [1.54, 1.807) is 25.3 Å². The molecule has 1 spiro atoms. The quantitative estimate of drug-likeness (QED) is 0.790. The van der Waals surface area contributed by atoms with Crippen molar-refractivity contribution >= 4 is 11.9 Å². The predicted molar refractivity (Wildman–Crippen MR) is 101 cm³/mol. The monoisotopic (exact) mass is 375 g/mol. The number of rotatable bonds is 7. The van der Waals surface area contributed by atoms with E-state index >= 15 is 0 Å². The molecule has 27 heavy (non-hydrogen) atoms. The van der Waals surface area contributed by atoms with E-state index < -0.39 is 5.97 Å². The van der Waals surface area contributed by atoms with Crippen molar-refractivity contribution in [3.05, 3.63) is 23.8 Å². The third-order valence-electron chi connectivity index (χ3n) is 5.90. The van der Waals surface area contributed by atoms with E-state index in [-0.39, 0.29) is 17.2 Å². The Balaban J connectivity index is 1.61. The van der Waals surface area contributed by atoms with Crippen LogP contribution in [-0.2, 0) is 4.79 Å². The van der Waals surface area contributed by atoms with Crippen LogP contribution >= 0.6 is 0 Å². The number of hydrogen-bond acceptors (Lipinski definition) is 4. The molecule has 1 amide bonds. The molecule has 1 saturated carbocycles. The maximum absolute atomic E-state index is 12.8. The summed E-state index contributed by atoms with van der Waals surface area (Å²) in [5, 5.41) is 9.19. The molecule has 1 atom stereocenters. The average Bonchev–Trinajstić information content (AvgIpc) is 3.35. The number of methoxy groups -OCH3 is 1. The van der Waals surface area contributed by atoms with Gasteiger partial charge in [0.2, 0.25) is 0 Å². The van der Waals surface area contributed by atoms with Crippen molar-refractivity contribution in [3.63, 3.8) is 0 Å². The van der Waals surface area contributed by atoms with Crippen LogP contribution in [0.2, 0.25) is 0 Å². The minimum absolute atomic E-state index is 0.0376. The maximum Gasteiger partial charge on any atom is 0.307 e. The van der Waals surface area contributed by atoms with Gasteiger partial charge in [-0.1, -0.05) is 13.8 Å². The molecule has 1 aromatic rings. The van der Waals surface area contributed by atoms with Gasteiger partial charge in [0.05, 0.1) is 19.6 Å². The number of nitrogens with zero attached hydrogens (tertiary/aromatic N) is 1. The fraction of sp³-hybridized carbons (Fsp3) is 0.619. The zero-order valence-corrected chi connectivity index (χ0v) is 16.4. The molecule has 1 unspecified atom stereocenters. The zero-order valence-electron chi connectivity index (χ0n) is 16.4. The number of piperidine rings is 1. The summed E-state index contributed by atoms with van der Waals surface area (Å²) in [6, 6.07) is 5.30. The first-order chi connectivity index (χ1) is 12.9. The average molecular weight is 375 g/mol. The third-order valence-corrected chi connectivity index (χ3v) is 5.90. The predicted octanol–water partition coefficient (Wildman–Crippen LogP) is 3.45. The topological polar surface area (TPSA) is 76.1 Å². The Labute approximate surface area is 160 Å². The smallest absolute Gasteiger partial charge is 0.307 e. The third kappa shape index (κ3) is 4.20. The SMILES string of the molecule is COc1cc(C(=O)N2CCC3(CC2)CC3C(=O)O)ccc1OCCC(C)C. The van der Waals surface area contributed by atoms with E-state index in [1.165, 1.54) is 0 Å². The number of carbonyl (C=O) groups is 2. The number of likely N-dealkylation sites (tertiary alicyclic amines) is 1. The highest BCUT2D eigenvalue weighted by Crippen LogP contribution is 2.59. The highest BCUT2D eigenvalue weighted by atomic mass is 16.5. The molecule has 3 rings (SSSR count). The van der Waals surface area contributed by atoms with E-state index in [4.69, 9.17) is 9.47 Å². The van der Waals surface area contributed by atoms with E-state index in [0.29, 0.717) is 42.7 Å². The second kappa shape index (κ2) is 7.79. The van der Waals surface area contributed by atoms with Gasteiger partial charge in [-0.15, -0.1) is 0 Å². The van der Waals surface area contributed by atoms with Gasteiger partial charge in [-0.05, 0) is 55.2 Å². The standard InChI is InChI=1S/C21H29NO5/c1-14(2)6-11-27-17-5-4-15(12-18(17)26-3)19(23)22-9-7-21(8-10-22)13-16(21)20(24)25/h4-5,12,14,16H,6-11,13H2,1-3H3,(H,24,25). The van der Waals surface area contributed by atoms with Crippen molar-refractivity contribution in [2.24, 2.45) is 17.3 Å². The normalized spacial score (nSPS) is 20.6. The first-order valence-corrected chi connectivity index (χ1v) is 9.69. The lowest BCUT2D eigenvalue weighted by molar-refractivity contribution is -0.139. The van der Waals surface area contributed by atoms with Crippen LogP contribution in [0, 0.1) is 17.3 Å². The van der Waals surface area contributed by atoms with Crippen LogP contribution in [0.1, 0.15) is 49.9 Å². The van der Waals surface area contributed by atoms with Crippen LogP contribution in [0.3, 0.4) is 0 Å². The first-order valence-electron chi connectivity index (χ1n) is 9.69. The number of aliphatic carboxylic acids is 1. The molecule has 0 bridgehead atoms. The van der Waals surface area contributed by atoms with Gasteiger partial charge in [0, 0.05) is 18.7 Å². The Morgan fingerprint density at radius 1 is 1.26 bits per heavy atom. The zero-order chi connectivity index (χ0) is 19.6. The molecule has 2 fully saturated rings. The van der Waals surface area contributed by atoms with Crippen LogP contribution in [0.25, 0.3) is 0 Å². The molecule has 1 N–H and O–H groups in total. The lowest BCUT2D eigenvalue weighted by atomic mass is 9.90. The highest BCUT2D eigenvalue weighted by molar-refractivity contribution is 5.95. The molecule has 1 saturated heterocycles. The number of amides is 1. The Kier molecular flexibility index (Phi) is 5.63. The summed E-state index contributed by atoms with van der Waals surface area (Å²) in [5.74, 6) is 0.807. The molecule has 0 aromatic heterocycles. The van der Waals surface area contributed by atoms with E-state index in [9.17, 15) is 14.7 Å². The Morgan fingerprint density at radius 3 is 2.52 bits per heavy atom. The number of carboxylic acids is 1. The van der Waals surface area contributed by atoms with E-state index in [1.807, 2.05) is 4.90 Å². The molecule has 2 aliphatic rings. The summed E-state index contributed by atoms with van der Waals surface area (Å²) in [4.78, 5) is 25.8. The van der Waals surface area contributed by atoms with E-state index in [0.717, 1.165) is 25.7 Å². The van der Waals surface area contributed by atoms with Crippen molar-refractivity contribution in [1.29, 1.82) is 0 Å². The van der Waals surface area contributed by atoms with Crippen LogP contribution < -0.4 is 9.47 Å². The van der Waals surface area contributed by atoms with Gasteiger partial charge in [-0.3, -0.25) is 9.59 Å². The maximum atomic E-state index is 12.8. The van der Waals surface area contributed by atoms with Crippen LogP contribution in [-0.4, -0.2) is 48.7 Å². The van der Waals surface area contributed by atoms with Crippen molar-refractivity contribution in [1.82, 2.24) is 4.90 Å². The van der Waals surface area contributed by atoms with E-state index in [2.05, 4.69) is 13.8 Å². The number of ether oxygens (including phenoxy) is 2. The van der Waals surface area contributed by atoms with Crippen LogP contribution in [0.5, 0.6) is 11.5 Å². The second-order valence-electron chi connectivity index (χ2n) is 8.15. The largest absolute Gasteiger partial charge is 0.493 e. The van der Waals surface area contributed by atoms with Crippen LogP contribution in [0.15, 0.2) is 18.2 Å². The second-order valence-corrected chi connectivity index (χ2v) is 8.15. The first kappa shape index (κ1) is 19.5. The molecule has 1 aliphatic heterocycles. The van der Waals surface area contributed by atoms with Crippen molar-refractivity contribution in [2.75, 3.05) is 26.8 Å². The molecule has 1 aromatic carbocycles. The van der Waals surface area contributed by atoms with Crippen molar-refractivity contribution in [2.45, 2.75) is 39.5 Å². The lowest BCUT2D eigenvalue weighted by Gasteiger charge is -2.32.